The minimum atomic E-state index is -0.211. The summed E-state index contributed by atoms with van der Waals surface area (Å²) in [5, 5.41) is 9.64. The normalized spacial score (nSPS) is 11.0. The SMILES string of the molecule is CN(C(=O)CSc1nnc(-c2cc(Cl)ccc2Cl)n1N)C(c1ccccc1)c1ccccc1. The minimum absolute atomic E-state index is 0.0666. The molecule has 0 atom stereocenters. The van der Waals surface area contributed by atoms with E-state index in [1.54, 1.807) is 30.1 Å². The average Bonchev–Trinajstić information content (AvgIpc) is 3.20. The molecule has 1 heterocycles. The van der Waals surface area contributed by atoms with Crippen LogP contribution in [0.3, 0.4) is 0 Å². The summed E-state index contributed by atoms with van der Waals surface area (Å²) in [5.41, 5.74) is 2.64. The van der Waals surface area contributed by atoms with E-state index in [1.165, 1.54) is 16.4 Å². The highest BCUT2D eigenvalue weighted by molar-refractivity contribution is 7.99. The summed E-state index contributed by atoms with van der Waals surface area (Å²) in [4.78, 5) is 14.9. The van der Waals surface area contributed by atoms with Crippen molar-refractivity contribution in [3.05, 3.63) is 100 Å². The molecule has 6 nitrogen and oxygen atoms in total. The largest absolute Gasteiger partial charge is 0.335 e. The van der Waals surface area contributed by atoms with Crippen molar-refractivity contribution in [3.63, 3.8) is 0 Å². The number of benzene rings is 3. The van der Waals surface area contributed by atoms with E-state index in [4.69, 9.17) is 29.0 Å². The number of hydrogen-bond acceptors (Lipinski definition) is 5. The first-order chi connectivity index (χ1) is 16.0. The number of hydrogen-bond donors (Lipinski definition) is 1. The molecular weight excluding hydrogens is 477 g/mol. The Balaban J connectivity index is 1.52. The summed E-state index contributed by atoms with van der Waals surface area (Å²) in [7, 11) is 1.80. The van der Waals surface area contributed by atoms with E-state index in [2.05, 4.69) is 10.2 Å². The highest BCUT2D eigenvalue weighted by Gasteiger charge is 2.24. The molecule has 33 heavy (non-hydrogen) atoms. The standard InChI is InChI=1S/C24H21Cl2N5OS/c1-30(22(16-8-4-2-5-9-16)17-10-6-3-7-11-17)21(32)15-33-24-29-28-23(31(24)27)19-14-18(25)12-13-20(19)26/h2-14,22H,15,27H2,1H3. The van der Waals surface area contributed by atoms with Crippen LogP contribution in [0.5, 0.6) is 0 Å². The molecule has 0 radical (unpaired) electrons. The Morgan fingerprint density at radius 1 is 1.00 bits per heavy atom. The van der Waals surface area contributed by atoms with Crippen LogP contribution >= 0.6 is 35.0 Å². The van der Waals surface area contributed by atoms with Crippen LogP contribution in [0.1, 0.15) is 17.2 Å². The van der Waals surface area contributed by atoms with Crippen molar-refractivity contribution in [1.82, 2.24) is 19.8 Å². The molecule has 0 fully saturated rings. The monoisotopic (exact) mass is 497 g/mol. The molecule has 0 bridgehead atoms. The molecule has 0 aliphatic rings. The van der Waals surface area contributed by atoms with Gasteiger partial charge in [-0.05, 0) is 29.3 Å². The zero-order chi connectivity index (χ0) is 23.4. The van der Waals surface area contributed by atoms with Gasteiger partial charge in [0.1, 0.15) is 0 Å². The Morgan fingerprint density at radius 3 is 2.21 bits per heavy atom. The summed E-state index contributed by atoms with van der Waals surface area (Å²) in [6.45, 7) is 0. The maximum atomic E-state index is 13.2. The summed E-state index contributed by atoms with van der Waals surface area (Å²) in [6, 6.07) is 24.7. The van der Waals surface area contributed by atoms with Crippen LogP contribution in [0.25, 0.3) is 11.4 Å². The highest BCUT2D eigenvalue weighted by Crippen LogP contribution is 2.31. The van der Waals surface area contributed by atoms with Crippen molar-refractivity contribution < 1.29 is 4.79 Å². The number of rotatable bonds is 7. The smallest absolute Gasteiger partial charge is 0.233 e. The molecule has 0 saturated heterocycles. The van der Waals surface area contributed by atoms with Gasteiger partial charge in [-0.3, -0.25) is 4.79 Å². The number of nitrogens with zero attached hydrogens (tertiary/aromatic N) is 4. The van der Waals surface area contributed by atoms with Crippen LogP contribution in [0.15, 0.2) is 84.0 Å². The number of halogens is 2. The third-order valence-corrected chi connectivity index (χ3v) is 6.66. The molecule has 0 saturated carbocycles. The predicted octanol–water partition coefficient (Wildman–Crippen LogP) is 5.31. The maximum Gasteiger partial charge on any atom is 0.233 e. The first-order valence-electron chi connectivity index (χ1n) is 10.1. The molecule has 0 unspecified atom stereocenters. The molecule has 1 amide bonds. The van der Waals surface area contributed by atoms with Gasteiger partial charge >= 0.3 is 0 Å². The molecule has 3 aromatic carbocycles. The number of nitrogens with two attached hydrogens (primary N) is 1. The first-order valence-corrected chi connectivity index (χ1v) is 11.8. The molecule has 0 spiro atoms. The zero-order valence-electron chi connectivity index (χ0n) is 17.7. The van der Waals surface area contributed by atoms with E-state index >= 15 is 0 Å². The topological polar surface area (TPSA) is 77.0 Å². The molecule has 2 N–H and O–H groups in total. The van der Waals surface area contributed by atoms with Crippen LogP contribution in [-0.2, 0) is 4.79 Å². The average molecular weight is 498 g/mol. The Hall–Kier alpha value is -3.00. The maximum absolute atomic E-state index is 13.2. The van der Waals surface area contributed by atoms with Crippen LogP contribution in [-0.4, -0.2) is 38.5 Å². The predicted molar refractivity (Wildman–Crippen MR) is 134 cm³/mol. The minimum Gasteiger partial charge on any atom is -0.335 e. The van der Waals surface area contributed by atoms with Crippen LogP contribution in [0.4, 0.5) is 0 Å². The lowest BCUT2D eigenvalue weighted by molar-refractivity contribution is -0.128. The van der Waals surface area contributed by atoms with Crippen LogP contribution in [0.2, 0.25) is 10.0 Å². The number of amides is 1. The van der Waals surface area contributed by atoms with Crippen LogP contribution in [0, 0.1) is 0 Å². The molecule has 4 rings (SSSR count). The quantitative estimate of drug-likeness (QED) is 0.276. The Labute approximate surface area is 206 Å². The van der Waals surface area contributed by atoms with Gasteiger partial charge in [0.05, 0.1) is 16.8 Å². The summed E-state index contributed by atoms with van der Waals surface area (Å²) >= 11 is 13.6. The molecule has 1 aromatic heterocycles. The zero-order valence-corrected chi connectivity index (χ0v) is 20.1. The molecule has 168 valence electrons. The van der Waals surface area contributed by atoms with Gasteiger partial charge in [-0.2, -0.15) is 0 Å². The van der Waals surface area contributed by atoms with E-state index in [0.29, 0.717) is 26.6 Å². The van der Waals surface area contributed by atoms with Gasteiger partial charge in [0, 0.05) is 17.6 Å². The van der Waals surface area contributed by atoms with Crippen molar-refractivity contribution >= 4 is 40.9 Å². The van der Waals surface area contributed by atoms with E-state index in [1.807, 2.05) is 60.7 Å². The van der Waals surface area contributed by atoms with E-state index < -0.39 is 0 Å². The van der Waals surface area contributed by atoms with Gasteiger partial charge in [-0.25, -0.2) is 4.68 Å². The fourth-order valence-electron chi connectivity index (χ4n) is 3.51. The molecule has 0 aliphatic heterocycles. The van der Waals surface area contributed by atoms with Crippen molar-refractivity contribution in [2.24, 2.45) is 0 Å². The molecule has 9 heteroatoms. The van der Waals surface area contributed by atoms with Gasteiger partial charge in [0.2, 0.25) is 11.1 Å². The Kier molecular flexibility index (Phi) is 7.23. The lowest BCUT2D eigenvalue weighted by Gasteiger charge is -2.29. The van der Waals surface area contributed by atoms with Gasteiger partial charge < -0.3 is 10.7 Å². The van der Waals surface area contributed by atoms with Gasteiger partial charge in [-0.1, -0.05) is 95.6 Å². The lowest BCUT2D eigenvalue weighted by Crippen LogP contribution is -2.33. The number of nitrogen functional groups attached to an aromatic ring is 1. The summed E-state index contributed by atoms with van der Waals surface area (Å²) < 4.78 is 1.32. The van der Waals surface area contributed by atoms with E-state index in [9.17, 15) is 4.79 Å². The van der Waals surface area contributed by atoms with Gasteiger partial charge in [0.25, 0.3) is 0 Å². The Morgan fingerprint density at radius 2 is 1.61 bits per heavy atom. The third-order valence-electron chi connectivity index (χ3n) is 5.17. The summed E-state index contributed by atoms with van der Waals surface area (Å²) in [6.07, 6.45) is 0. The van der Waals surface area contributed by atoms with E-state index in [-0.39, 0.29) is 17.7 Å². The lowest BCUT2D eigenvalue weighted by atomic mass is 9.97. The second-order valence-corrected chi connectivity index (χ2v) is 9.10. The number of carbonyl (C=O) groups is 1. The van der Waals surface area contributed by atoms with Crippen molar-refractivity contribution in [2.45, 2.75) is 11.2 Å². The molecular formula is C24H21Cl2N5OS. The molecule has 4 aromatic rings. The number of carbonyl (C=O) groups excluding carboxylic acids is 1. The van der Waals surface area contributed by atoms with Gasteiger partial charge in [-0.15, -0.1) is 10.2 Å². The first kappa shape index (κ1) is 23.2. The third kappa shape index (κ3) is 5.16. The number of aromatic nitrogens is 3. The van der Waals surface area contributed by atoms with Crippen molar-refractivity contribution in [1.29, 1.82) is 0 Å². The molecule has 0 aliphatic carbocycles. The Bertz CT molecular complexity index is 1210. The second kappa shape index (κ2) is 10.3. The van der Waals surface area contributed by atoms with Gasteiger partial charge in [0.15, 0.2) is 5.82 Å². The number of thioether (sulfide) groups is 1. The second-order valence-electron chi connectivity index (χ2n) is 7.32. The van der Waals surface area contributed by atoms with Crippen LogP contribution < -0.4 is 5.84 Å². The van der Waals surface area contributed by atoms with E-state index in [0.717, 1.165) is 11.1 Å². The van der Waals surface area contributed by atoms with Crippen molar-refractivity contribution in [2.75, 3.05) is 18.6 Å². The summed E-state index contributed by atoms with van der Waals surface area (Å²) in [5.74, 6) is 6.65. The highest BCUT2D eigenvalue weighted by atomic mass is 35.5. The fourth-order valence-corrected chi connectivity index (χ4v) is 4.66. The fraction of sp³-hybridized carbons (Fsp3) is 0.125. The van der Waals surface area contributed by atoms with Crippen molar-refractivity contribution in [3.8, 4) is 11.4 Å².